The lowest BCUT2D eigenvalue weighted by atomic mass is 9.58. The second kappa shape index (κ2) is 6.21. The van der Waals surface area contributed by atoms with E-state index in [0.717, 1.165) is 5.75 Å². The van der Waals surface area contributed by atoms with Crippen molar-refractivity contribution in [2.75, 3.05) is 11.7 Å². The number of hydrogen-bond donors (Lipinski definition) is 2. The fraction of sp³-hybridized carbons (Fsp3) is 1.00. The summed E-state index contributed by atoms with van der Waals surface area (Å²) in [6.45, 7) is 9.55. The van der Waals surface area contributed by atoms with Crippen LogP contribution in [0.3, 0.4) is 0 Å². The van der Waals surface area contributed by atoms with E-state index in [2.05, 4.69) is 53.0 Å². The molecular formula is C14H28OS2. The van der Waals surface area contributed by atoms with Crippen LogP contribution in [0.15, 0.2) is 0 Å². The topological polar surface area (TPSA) is 9.23 Å². The normalized spacial score (nSPS) is 32.5. The van der Waals surface area contributed by atoms with Gasteiger partial charge in [0, 0.05) is 5.75 Å². The van der Waals surface area contributed by atoms with E-state index in [1.807, 2.05) is 0 Å². The standard InChI is InChI=1S/C14H28OS2/c1-13(2,3)14(4)7-5-11(6-8-14)12(9-16)15-10-17/h11-12,16-17H,5-10H2,1-4H3. The Balaban J connectivity index is 2.55. The summed E-state index contributed by atoms with van der Waals surface area (Å²) in [7, 11) is 0. The minimum Gasteiger partial charge on any atom is -0.367 e. The molecular weight excluding hydrogens is 248 g/mol. The largest absolute Gasteiger partial charge is 0.367 e. The Morgan fingerprint density at radius 3 is 2.12 bits per heavy atom. The summed E-state index contributed by atoms with van der Waals surface area (Å²) in [6, 6.07) is 0. The molecule has 0 N–H and O–H groups in total. The van der Waals surface area contributed by atoms with Crippen LogP contribution in [0, 0.1) is 16.7 Å². The van der Waals surface area contributed by atoms with E-state index < -0.39 is 0 Å². The van der Waals surface area contributed by atoms with Crippen molar-refractivity contribution in [3.05, 3.63) is 0 Å². The molecule has 1 rings (SSSR count). The third-order valence-electron chi connectivity index (χ3n) is 4.94. The zero-order chi connectivity index (χ0) is 13.1. The van der Waals surface area contributed by atoms with Crippen LogP contribution in [0.4, 0.5) is 0 Å². The molecule has 1 aliphatic rings. The van der Waals surface area contributed by atoms with Gasteiger partial charge in [0.15, 0.2) is 0 Å². The van der Waals surface area contributed by atoms with Gasteiger partial charge in [0.25, 0.3) is 0 Å². The van der Waals surface area contributed by atoms with Crippen LogP contribution in [0.25, 0.3) is 0 Å². The lowest BCUT2D eigenvalue weighted by Crippen LogP contribution is -2.39. The van der Waals surface area contributed by atoms with Crippen LogP contribution in [0.5, 0.6) is 0 Å². The fourth-order valence-electron chi connectivity index (χ4n) is 2.83. The molecule has 0 heterocycles. The molecule has 1 fully saturated rings. The second-order valence-electron chi connectivity index (χ2n) is 6.66. The van der Waals surface area contributed by atoms with Gasteiger partial charge in [0.2, 0.25) is 0 Å². The molecule has 0 aromatic heterocycles. The number of thiol groups is 2. The van der Waals surface area contributed by atoms with E-state index in [1.54, 1.807) is 0 Å². The van der Waals surface area contributed by atoms with Crippen molar-refractivity contribution in [2.45, 2.75) is 59.5 Å². The maximum absolute atomic E-state index is 5.67. The first-order chi connectivity index (χ1) is 7.84. The minimum atomic E-state index is 0.292. The molecule has 1 unspecified atom stereocenters. The Morgan fingerprint density at radius 1 is 1.24 bits per heavy atom. The Labute approximate surface area is 118 Å². The number of hydrogen-bond acceptors (Lipinski definition) is 3. The average Bonchev–Trinajstić information content (AvgIpc) is 2.26. The van der Waals surface area contributed by atoms with Crippen molar-refractivity contribution >= 4 is 25.3 Å². The van der Waals surface area contributed by atoms with Gasteiger partial charge in [-0.3, -0.25) is 0 Å². The molecule has 0 aromatic carbocycles. The molecule has 0 aromatic rings. The Morgan fingerprint density at radius 2 is 1.76 bits per heavy atom. The van der Waals surface area contributed by atoms with E-state index in [9.17, 15) is 0 Å². The summed E-state index contributed by atoms with van der Waals surface area (Å²) in [5, 5.41) is 0. The molecule has 0 radical (unpaired) electrons. The van der Waals surface area contributed by atoms with Crippen LogP contribution in [-0.2, 0) is 4.74 Å². The van der Waals surface area contributed by atoms with Crippen LogP contribution >= 0.6 is 25.3 Å². The molecule has 0 amide bonds. The monoisotopic (exact) mass is 276 g/mol. The van der Waals surface area contributed by atoms with Gasteiger partial charge in [-0.1, -0.05) is 27.7 Å². The van der Waals surface area contributed by atoms with Gasteiger partial charge < -0.3 is 4.74 Å². The summed E-state index contributed by atoms with van der Waals surface area (Å²) in [6.07, 6.45) is 5.45. The predicted molar refractivity (Wildman–Crippen MR) is 82.1 cm³/mol. The maximum atomic E-state index is 5.67. The highest BCUT2D eigenvalue weighted by atomic mass is 32.1. The highest BCUT2D eigenvalue weighted by molar-refractivity contribution is 7.80. The first kappa shape index (κ1) is 15.7. The predicted octanol–water partition coefficient (Wildman–Crippen LogP) is 4.43. The van der Waals surface area contributed by atoms with Gasteiger partial charge in [-0.25, -0.2) is 0 Å². The summed E-state index contributed by atoms with van der Waals surface area (Å²) in [5.41, 5.74) is 0.879. The Kier molecular flexibility index (Phi) is 5.74. The van der Waals surface area contributed by atoms with Crippen LogP contribution < -0.4 is 0 Å². The highest BCUT2D eigenvalue weighted by Gasteiger charge is 2.41. The lowest BCUT2D eigenvalue weighted by Gasteiger charge is -2.48. The van der Waals surface area contributed by atoms with E-state index in [1.165, 1.54) is 25.7 Å². The molecule has 0 spiro atoms. The first-order valence-corrected chi connectivity index (χ1v) is 7.94. The zero-order valence-corrected chi connectivity index (χ0v) is 13.5. The molecule has 1 aliphatic carbocycles. The Hall–Kier alpha value is 0.660. The molecule has 1 saturated carbocycles. The van der Waals surface area contributed by atoms with Crippen LogP contribution in [0.2, 0.25) is 0 Å². The first-order valence-electron chi connectivity index (χ1n) is 6.67. The summed E-state index contributed by atoms with van der Waals surface area (Å²) in [4.78, 5) is 0. The highest BCUT2D eigenvalue weighted by Crippen LogP contribution is 2.51. The molecule has 17 heavy (non-hydrogen) atoms. The molecule has 0 aliphatic heterocycles. The summed E-state index contributed by atoms with van der Waals surface area (Å²) in [5.74, 6) is 2.01. The SMILES string of the molecule is CC(C)(C)C1(C)CCC(C(CS)OCS)CC1. The average molecular weight is 277 g/mol. The van der Waals surface area contributed by atoms with Gasteiger partial charge in [-0.05, 0) is 42.4 Å². The summed E-state index contributed by atoms with van der Waals surface area (Å²) >= 11 is 8.56. The summed E-state index contributed by atoms with van der Waals surface area (Å²) < 4.78 is 5.67. The van der Waals surface area contributed by atoms with E-state index in [4.69, 9.17) is 4.74 Å². The van der Waals surface area contributed by atoms with Crippen molar-refractivity contribution in [2.24, 2.45) is 16.7 Å². The fourth-order valence-corrected chi connectivity index (χ4v) is 3.43. The Bertz CT molecular complexity index is 227. The van der Waals surface area contributed by atoms with Crippen molar-refractivity contribution < 1.29 is 4.74 Å². The number of rotatable bonds is 4. The van der Waals surface area contributed by atoms with E-state index in [-0.39, 0.29) is 0 Å². The molecule has 3 heteroatoms. The van der Waals surface area contributed by atoms with Crippen molar-refractivity contribution in [3.63, 3.8) is 0 Å². The van der Waals surface area contributed by atoms with Gasteiger partial charge in [0.05, 0.1) is 12.0 Å². The maximum Gasteiger partial charge on any atom is 0.0896 e. The molecule has 0 saturated heterocycles. The quantitative estimate of drug-likeness (QED) is 0.570. The third kappa shape index (κ3) is 3.81. The van der Waals surface area contributed by atoms with Crippen LogP contribution in [-0.4, -0.2) is 17.8 Å². The van der Waals surface area contributed by atoms with Crippen molar-refractivity contribution in [3.8, 4) is 0 Å². The minimum absolute atomic E-state index is 0.292. The van der Waals surface area contributed by atoms with Crippen molar-refractivity contribution in [1.29, 1.82) is 0 Å². The lowest BCUT2D eigenvalue weighted by molar-refractivity contribution is -0.0103. The second-order valence-corrected chi connectivity index (χ2v) is 7.29. The molecule has 1 nitrogen and oxygen atoms in total. The van der Waals surface area contributed by atoms with Gasteiger partial charge in [-0.2, -0.15) is 25.3 Å². The van der Waals surface area contributed by atoms with E-state index >= 15 is 0 Å². The van der Waals surface area contributed by atoms with Gasteiger partial charge in [-0.15, -0.1) is 0 Å². The zero-order valence-electron chi connectivity index (χ0n) is 11.7. The van der Waals surface area contributed by atoms with Gasteiger partial charge >= 0.3 is 0 Å². The van der Waals surface area contributed by atoms with Crippen LogP contribution in [0.1, 0.15) is 53.4 Å². The molecule has 102 valence electrons. The number of ether oxygens (including phenoxy) is 1. The smallest absolute Gasteiger partial charge is 0.0896 e. The van der Waals surface area contributed by atoms with Gasteiger partial charge in [0.1, 0.15) is 0 Å². The molecule has 1 atom stereocenters. The third-order valence-corrected chi connectivity index (χ3v) is 5.45. The molecule has 0 bridgehead atoms. The van der Waals surface area contributed by atoms with E-state index in [0.29, 0.717) is 28.8 Å². The van der Waals surface area contributed by atoms with Crippen molar-refractivity contribution in [1.82, 2.24) is 0 Å².